The van der Waals surface area contributed by atoms with Crippen molar-refractivity contribution >= 4 is 5.91 Å². The minimum absolute atomic E-state index is 0.115. The van der Waals surface area contributed by atoms with Gasteiger partial charge in [-0.25, -0.2) is 9.67 Å². The van der Waals surface area contributed by atoms with Crippen LogP contribution >= 0.6 is 0 Å². The molecule has 1 aromatic heterocycles. The number of ether oxygens (including phenoxy) is 1. The van der Waals surface area contributed by atoms with Crippen LogP contribution in [0.4, 0.5) is 0 Å². The Morgan fingerprint density at radius 3 is 2.91 bits per heavy atom. The first kappa shape index (κ1) is 14.7. The van der Waals surface area contributed by atoms with Crippen molar-refractivity contribution in [2.45, 2.75) is 19.5 Å². The number of carbonyl (C=O) groups is 1. The van der Waals surface area contributed by atoms with Gasteiger partial charge in [0.1, 0.15) is 12.2 Å². The van der Waals surface area contributed by atoms with Crippen molar-refractivity contribution in [1.82, 2.24) is 19.7 Å². The van der Waals surface area contributed by atoms with Gasteiger partial charge in [-0.05, 0) is 5.56 Å². The summed E-state index contributed by atoms with van der Waals surface area (Å²) in [6.45, 7) is 2.52. The Labute approximate surface area is 129 Å². The van der Waals surface area contributed by atoms with E-state index in [0.717, 1.165) is 17.9 Å². The number of benzene rings is 1. The molecule has 0 saturated heterocycles. The minimum Gasteiger partial charge on any atom is -0.384 e. The summed E-state index contributed by atoms with van der Waals surface area (Å²) in [7, 11) is 1.68. The molecule has 116 valence electrons. The van der Waals surface area contributed by atoms with Gasteiger partial charge in [0.25, 0.3) is 0 Å². The molecule has 6 heteroatoms. The Morgan fingerprint density at radius 1 is 1.32 bits per heavy atom. The number of methoxy groups -OCH3 is 1. The molecule has 1 aliphatic heterocycles. The summed E-state index contributed by atoms with van der Waals surface area (Å²) in [4.78, 5) is 18.8. The lowest BCUT2D eigenvalue weighted by Gasteiger charge is -2.23. The van der Waals surface area contributed by atoms with E-state index in [2.05, 4.69) is 10.1 Å². The molecule has 0 spiro atoms. The summed E-state index contributed by atoms with van der Waals surface area (Å²) in [6.07, 6.45) is 1.96. The van der Waals surface area contributed by atoms with Gasteiger partial charge in [0, 0.05) is 26.1 Å². The van der Waals surface area contributed by atoms with Crippen LogP contribution in [-0.2, 0) is 29.0 Å². The molecule has 0 N–H and O–H groups in total. The zero-order valence-corrected chi connectivity index (χ0v) is 12.7. The van der Waals surface area contributed by atoms with Crippen LogP contribution in [0.2, 0.25) is 0 Å². The Bertz CT molecular complexity index is 626. The second-order valence-electron chi connectivity index (χ2n) is 5.62. The molecule has 3 rings (SSSR count). The molecule has 0 fully saturated rings. The number of carbonyl (C=O) groups excluding carboxylic acids is 1. The number of fused-ring (bicyclic) bond motifs is 1. The highest BCUT2D eigenvalue weighted by atomic mass is 16.5. The van der Waals surface area contributed by atoms with Crippen LogP contribution in [0.5, 0.6) is 0 Å². The predicted octanol–water partition coefficient (Wildman–Crippen LogP) is 1.13. The third-order valence-electron chi connectivity index (χ3n) is 3.89. The fourth-order valence-corrected chi connectivity index (χ4v) is 2.83. The Kier molecular flexibility index (Phi) is 4.48. The van der Waals surface area contributed by atoms with Gasteiger partial charge < -0.3 is 9.64 Å². The summed E-state index contributed by atoms with van der Waals surface area (Å²) >= 11 is 0. The van der Waals surface area contributed by atoms with E-state index in [0.29, 0.717) is 26.1 Å². The molecule has 0 aliphatic carbocycles. The molecule has 2 aromatic rings. The second-order valence-corrected chi connectivity index (χ2v) is 5.62. The molecule has 6 nitrogen and oxygen atoms in total. The molecule has 0 saturated carbocycles. The fourth-order valence-electron chi connectivity index (χ4n) is 2.83. The molecular weight excluding hydrogens is 280 g/mol. The van der Waals surface area contributed by atoms with Crippen molar-refractivity contribution in [3.8, 4) is 0 Å². The third-order valence-corrected chi connectivity index (χ3v) is 3.89. The quantitative estimate of drug-likeness (QED) is 0.849. The van der Waals surface area contributed by atoms with Crippen molar-refractivity contribution in [2.24, 2.45) is 5.92 Å². The van der Waals surface area contributed by atoms with Gasteiger partial charge in [0.05, 0.1) is 19.6 Å². The van der Waals surface area contributed by atoms with Crippen LogP contribution < -0.4 is 0 Å². The zero-order valence-electron chi connectivity index (χ0n) is 12.7. The van der Waals surface area contributed by atoms with Gasteiger partial charge in [0.15, 0.2) is 0 Å². The average Bonchev–Trinajstić information content (AvgIpc) is 2.87. The van der Waals surface area contributed by atoms with Crippen LogP contribution in [0, 0.1) is 5.92 Å². The van der Waals surface area contributed by atoms with Crippen LogP contribution in [0.1, 0.15) is 11.4 Å². The molecule has 1 amide bonds. The maximum absolute atomic E-state index is 12.6. The average molecular weight is 300 g/mol. The maximum atomic E-state index is 12.6. The van der Waals surface area contributed by atoms with Crippen LogP contribution in [0.3, 0.4) is 0 Å². The molecule has 1 aliphatic rings. The van der Waals surface area contributed by atoms with E-state index in [1.165, 1.54) is 0 Å². The van der Waals surface area contributed by atoms with Crippen molar-refractivity contribution in [2.75, 3.05) is 20.3 Å². The highest BCUT2D eigenvalue weighted by molar-refractivity contribution is 5.78. The van der Waals surface area contributed by atoms with E-state index in [4.69, 9.17) is 4.74 Å². The lowest BCUT2D eigenvalue weighted by molar-refractivity contribution is -0.131. The Morgan fingerprint density at radius 2 is 2.14 bits per heavy atom. The first-order valence-electron chi connectivity index (χ1n) is 7.43. The Balaban J connectivity index is 1.75. The van der Waals surface area contributed by atoms with Gasteiger partial charge in [-0.15, -0.1) is 0 Å². The van der Waals surface area contributed by atoms with Gasteiger partial charge in [-0.3, -0.25) is 4.79 Å². The molecule has 22 heavy (non-hydrogen) atoms. The van der Waals surface area contributed by atoms with E-state index >= 15 is 0 Å². The number of hydrogen-bond donors (Lipinski definition) is 0. The maximum Gasteiger partial charge on any atom is 0.227 e. The summed E-state index contributed by atoms with van der Waals surface area (Å²) in [5, 5.41) is 4.24. The van der Waals surface area contributed by atoms with Crippen molar-refractivity contribution in [1.29, 1.82) is 0 Å². The highest BCUT2D eigenvalue weighted by Crippen LogP contribution is 2.16. The number of aromatic nitrogens is 3. The SMILES string of the molecule is COCC1CN(C(=O)Cc2ccccc2)Cc2ncnn2C1. The number of hydrogen-bond acceptors (Lipinski definition) is 4. The van der Waals surface area contributed by atoms with Crippen molar-refractivity contribution < 1.29 is 9.53 Å². The van der Waals surface area contributed by atoms with Gasteiger partial charge in [0.2, 0.25) is 5.91 Å². The van der Waals surface area contributed by atoms with Crippen LogP contribution in [0.25, 0.3) is 0 Å². The topological polar surface area (TPSA) is 60.2 Å². The Hall–Kier alpha value is -2.21. The minimum atomic E-state index is 0.115. The lowest BCUT2D eigenvalue weighted by Crippen LogP contribution is -2.36. The molecule has 1 unspecified atom stereocenters. The summed E-state index contributed by atoms with van der Waals surface area (Å²) in [6, 6.07) is 9.82. The third kappa shape index (κ3) is 3.33. The normalized spacial score (nSPS) is 17.9. The van der Waals surface area contributed by atoms with E-state index in [9.17, 15) is 4.79 Å². The lowest BCUT2D eigenvalue weighted by atomic mass is 10.1. The first-order valence-corrected chi connectivity index (χ1v) is 7.43. The van der Waals surface area contributed by atoms with E-state index in [1.807, 2.05) is 39.9 Å². The predicted molar refractivity (Wildman–Crippen MR) is 81.0 cm³/mol. The van der Waals surface area contributed by atoms with Crippen LogP contribution in [-0.4, -0.2) is 45.8 Å². The molecule has 0 bridgehead atoms. The summed E-state index contributed by atoms with van der Waals surface area (Å²) < 4.78 is 7.15. The number of amides is 1. The zero-order chi connectivity index (χ0) is 15.4. The monoisotopic (exact) mass is 300 g/mol. The van der Waals surface area contributed by atoms with E-state index in [1.54, 1.807) is 13.4 Å². The summed E-state index contributed by atoms with van der Waals surface area (Å²) in [5.74, 6) is 1.18. The standard InChI is InChI=1S/C16H20N4O2/c1-22-11-14-8-19(10-15-17-12-18-20(15)9-14)16(21)7-13-5-3-2-4-6-13/h2-6,12,14H,7-11H2,1H3. The second kappa shape index (κ2) is 6.70. The fraction of sp³-hybridized carbons (Fsp3) is 0.438. The molecule has 1 atom stereocenters. The smallest absolute Gasteiger partial charge is 0.227 e. The molecule has 0 radical (unpaired) electrons. The highest BCUT2D eigenvalue weighted by Gasteiger charge is 2.26. The van der Waals surface area contributed by atoms with Gasteiger partial charge in [-0.2, -0.15) is 5.10 Å². The van der Waals surface area contributed by atoms with Crippen molar-refractivity contribution in [3.05, 3.63) is 48.0 Å². The number of nitrogens with zero attached hydrogens (tertiary/aromatic N) is 4. The van der Waals surface area contributed by atoms with Crippen molar-refractivity contribution in [3.63, 3.8) is 0 Å². The summed E-state index contributed by atoms with van der Waals surface area (Å²) in [5.41, 5.74) is 1.03. The van der Waals surface area contributed by atoms with Crippen LogP contribution in [0.15, 0.2) is 36.7 Å². The largest absolute Gasteiger partial charge is 0.384 e. The van der Waals surface area contributed by atoms with E-state index in [-0.39, 0.29) is 11.8 Å². The molecular formula is C16H20N4O2. The molecule has 2 heterocycles. The van der Waals surface area contributed by atoms with Gasteiger partial charge in [-0.1, -0.05) is 30.3 Å². The van der Waals surface area contributed by atoms with E-state index < -0.39 is 0 Å². The molecule has 1 aromatic carbocycles. The first-order chi connectivity index (χ1) is 10.8. The number of rotatable bonds is 4. The van der Waals surface area contributed by atoms with Gasteiger partial charge >= 0.3 is 0 Å².